The van der Waals surface area contributed by atoms with Crippen molar-refractivity contribution >= 4 is 29.3 Å². The number of anilines is 2. The van der Waals surface area contributed by atoms with Gasteiger partial charge in [-0.3, -0.25) is 9.59 Å². The molecule has 0 radical (unpaired) electrons. The summed E-state index contributed by atoms with van der Waals surface area (Å²) in [4.78, 5) is 60.1. The second-order valence-electron chi connectivity index (χ2n) is 14.1. The molecule has 0 saturated carbocycles. The topological polar surface area (TPSA) is 161 Å². The summed E-state index contributed by atoms with van der Waals surface area (Å²) in [7, 11) is 5.15. The third-order valence-electron chi connectivity index (χ3n) is 10.5. The third kappa shape index (κ3) is 6.47. The van der Waals surface area contributed by atoms with Crippen LogP contribution in [0.25, 0.3) is 22.5 Å². The van der Waals surface area contributed by atoms with Crippen molar-refractivity contribution in [3.8, 4) is 34.0 Å². The summed E-state index contributed by atoms with van der Waals surface area (Å²) in [6, 6.07) is 9.73. The first-order valence-electron chi connectivity index (χ1n) is 18.0. The molecule has 274 valence electrons. The van der Waals surface area contributed by atoms with Crippen molar-refractivity contribution in [2.45, 2.75) is 64.6 Å². The van der Waals surface area contributed by atoms with Crippen LogP contribution in [0.2, 0.25) is 0 Å². The Kier molecular flexibility index (Phi) is 9.66. The highest BCUT2D eigenvalue weighted by Crippen LogP contribution is 2.50. The number of carbonyl (C=O) groups excluding carboxylic acids is 3. The molecule has 2 aromatic heterocycles. The summed E-state index contributed by atoms with van der Waals surface area (Å²) in [5, 5.41) is 5.67. The van der Waals surface area contributed by atoms with E-state index in [-0.39, 0.29) is 42.4 Å². The van der Waals surface area contributed by atoms with Gasteiger partial charge in [0.15, 0.2) is 11.5 Å². The molecule has 3 aliphatic rings. The van der Waals surface area contributed by atoms with Crippen molar-refractivity contribution in [2.24, 2.45) is 5.92 Å². The quantitative estimate of drug-likeness (QED) is 0.174. The molecule has 4 aromatic rings. The fraction of sp³-hybridized carbons (Fsp3) is 0.447. The molecule has 7 rings (SSSR count). The van der Waals surface area contributed by atoms with E-state index in [1.807, 2.05) is 37.3 Å². The molecular formula is C38H47N9O5. The van der Waals surface area contributed by atoms with Crippen LogP contribution in [0, 0.1) is 12.8 Å². The lowest BCUT2D eigenvalue weighted by molar-refractivity contribution is -0.135. The molecule has 14 nitrogen and oxygen atoms in total. The van der Waals surface area contributed by atoms with Crippen LogP contribution >= 0.6 is 0 Å². The number of aryl methyl sites for hydroxylation is 1. The number of aromatic amines is 2. The molecule has 14 heteroatoms. The number of nitrogens with one attached hydrogen (secondary N) is 4. The van der Waals surface area contributed by atoms with Gasteiger partial charge in [0.1, 0.15) is 18.2 Å². The van der Waals surface area contributed by atoms with E-state index in [0.717, 1.165) is 89.0 Å². The van der Waals surface area contributed by atoms with Crippen LogP contribution in [0.4, 0.5) is 16.2 Å². The largest absolute Gasteiger partial charge is 0.453 e. The summed E-state index contributed by atoms with van der Waals surface area (Å²) in [5.41, 5.74) is 6.49. The van der Waals surface area contributed by atoms with Gasteiger partial charge < -0.3 is 44.8 Å². The number of benzene rings is 2. The number of imidazole rings is 2. The maximum absolute atomic E-state index is 13.4. The lowest BCUT2D eigenvalue weighted by Gasteiger charge is -2.31. The number of rotatable bonds is 9. The number of likely N-dealkylation sites (tertiary alicyclic amines) is 2. The number of likely N-dealkylation sites (N-methyl/N-ethyl adjacent to an activating group) is 1. The first-order chi connectivity index (χ1) is 25.1. The van der Waals surface area contributed by atoms with Crippen molar-refractivity contribution in [1.29, 1.82) is 0 Å². The molecule has 3 aliphatic heterocycles. The normalized spacial score (nSPS) is 18.6. The first kappa shape index (κ1) is 35.1. The van der Waals surface area contributed by atoms with Crippen LogP contribution in [-0.4, -0.2) is 94.5 Å². The molecule has 3 atom stereocenters. The number of alkyl carbamates (subject to hydrolysis) is 1. The minimum atomic E-state index is -0.639. The van der Waals surface area contributed by atoms with Gasteiger partial charge in [0.05, 0.1) is 60.4 Å². The van der Waals surface area contributed by atoms with Crippen LogP contribution < -0.4 is 20.3 Å². The smallest absolute Gasteiger partial charge is 0.407 e. The maximum Gasteiger partial charge on any atom is 0.407 e. The molecule has 2 fully saturated rings. The second kappa shape index (κ2) is 14.3. The van der Waals surface area contributed by atoms with E-state index in [1.165, 1.54) is 7.11 Å². The van der Waals surface area contributed by atoms with Gasteiger partial charge in [0.25, 0.3) is 0 Å². The van der Waals surface area contributed by atoms with Gasteiger partial charge in [-0.15, -0.1) is 0 Å². The van der Waals surface area contributed by atoms with Crippen LogP contribution in [0.15, 0.2) is 42.7 Å². The molecule has 52 heavy (non-hydrogen) atoms. The highest BCUT2D eigenvalue weighted by atomic mass is 16.5. The van der Waals surface area contributed by atoms with Crippen LogP contribution in [0.5, 0.6) is 11.5 Å². The molecule has 0 aliphatic carbocycles. The number of fused-ring (bicyclic) bond motifs is 2. The Morgan fingerprint density at radius 3 is 2.23 bits per heavy atom. The Balaban J connectivity index is 1.10. The summed E-state index contributed by atoms with van der Waals surface area (Å²) < 4.78 is 11.2. The first-order valence-corrected chi connectivity index (χ1v) is 18.0. The van der Waals surface area contributed by atoms with E-state index in [2.05, 4.69) is 74.2 Å². The van der Waals surface area contributed by atoms with Crippen molar-refractivity contribution in [3.63, 3.8) is 0 Å². The molecule has 4 N–H and O–H groups in total. The molecule has 3 amide bonds. The standard InChI is InChI=1S/C38H47N9O5/c1-21(2)33(39-4)37(49)47-14-8-10-29(47)36-40-18-25(43-36)23-11-12-27-30(16-23)52-31-17-24(15-22(3)34(31)45(27)5)26-19-41-35(44-26)28-9-7-13-46(28)32(48)20-42-38(50)51-6/h11-12,15-19,21,28-29,33,39H,7-10,13-14,20H2,1-6H3,(H,40,43)(H,41,44)(H,42,50)/t28-,29?,33?/m0/s1. The van der Waals surface area contributed by atoms with Gasteiger partial charge in [-0.25, -0.2) is 14.8 Å². The Labute approximate surface area is 303 Å². The Morgan fingerprint density at radius 2 is 1.58 bits per heavy atom. The number of methoxy groups -OCH3 is 1. The molecule has 0 spiro atoms. The van der Waals surface area contributed by atoms with Crippen molar-refractivity contribution in [2.75, 3.05) is 45.7 Å². The van der Waals surface area contributed by atoms with E-state index in [1.54, 1.807) is 11.1 Å². The summed E-state index contributed by atoms with van der Waals surface area (Å²) >= 11 is 0. The van der Waals surface area contributed by atoms with Gasteiger partial charge in [-0.05, 0) is 75.4 Å². The Bertz CT molecular complexity index is 1990. The molecule has 5 heterocycles. The number of aromatic nitrogens is 4. The minimum absolute atomic E-state index is 0.0899. The zero-order chi connectivity index (χ0) is 36.7. The fourth-order valence-corrected chi connectivity index (χ4v) is 7.90. The predicted molar refractivity (Wildman–Crippen MR) is 196 cm³/mol. The highest BCUT2D eigenvalue weighted by Gasteiger charge is 2.36. The summed E-state index contributed by atoms with van der Waals surface area (Å²) in [5.74, 6) is 3.05. The van der Waals surface area contributed by atoms with Gasteiger partial charge in [-0.2, -0.15) is 0 Å². The Hall–Kier alpha value is -5.37. The molecular weight excluding hydrogens is 662 g/mol. The van der Waals surface area contributed by atoms with Crippen LogP contribution in [0.1, 0.15) is 68.8 Å². The SMILES string of the molecule is CNC(C(=O)N1CCCC1c1ncc(-c2ccc3c(c2)Oc2cc(-c4cnc([C@@H]5CCCN5C(=O)CNC(=O)OC)[nH]4)cc(C)c2N3C)[nH]1)C(C)C. The second-order valence-corrected chi connectivity index (χ2v) is 14.1. The van der Waals surface area contributed by atoms with E-state index >= 15 is 0 Å². The van der Waals surface area contributed by atoms with E-state index in [4.69, 9.17) is 9.72 Å². The van der Waals surface area contributed by atoms with Crippen LogP contribution in [0.3, 0.4) is 0 Å². The fourth-order valence-electron chi connectivity index (χ4n) is 7.90. The number of hydrogen-bond acceptors (Lipinski definition) is 9. The molecule has 0 bridgehead atoms. The minimum Gasteiger partial charge on any atom is -0.453 e. The highest BCUT2D eigenvalue weighted by molar-refractivity contribution is 5.85. The van der Waals surface area contributed by atoms with Crippen molar-refractivity contribution in [3.05, 3.63) is 59.9 Å². The van der Waals surface area contributed by atoms with Gasteiger partial charge >= 0.3 is 6.09 Å². The Morgan fingerprint density at radius 1 is 0.942 bits per heavy atom. The predicted octanol–water partition coefficient (Wildman–Crippen LogP) is 5.58. The van der Waals surface area contributed by atoms with Gasteiger partial charge in [0, 0.05) is 31.3 Å². The zero-order valence-electron chi connectivity index (χ0n) is 30.6. The number of H-pyrrole nitrogens is 2. The maximum atomic E-state index is 13.4. The number of nitrogens with zero attached hydrogens (tertiary/aromatic N) is 5. The monoisotopic (exact) mass is 709 g/mol. The number of carbonyl (C=O) groups is 3. The summed E-state index contributed by atoms with van der Waals surface area (Å²) in [6.07, 6.45) is 6.42. The van der Waals surface area contributed by atoms with Crippen molar-refractivity contribution in [1.82, 2.24) is 40.4 Å². The van der Waals surface area contributed by atoms with Crippen LogP contribution in [-0.2, 0) is 14.3 Å². The van der Waals surface area contributed by atoms with E-state index in [0.29, 0.717) is 12.4 Å². The average molecular weight is 710 g/mol. The van der Waals surface area contributed by atoms with E-state index in [9.17, 15) is 14.4 Å². The molecule has 2 saturated heterocycles. The number of amides is 3. The molecule has 2 unspecified atom stereocenters. The average Bonchev–Trinajstić information content (AvgIpc) is 3.96. The lowest BCUT2D eigenvalue weighted by atomic mass is 10.0. The lowest BCUT2D eigenvalue weighted by Crippen LogP contribution is -2.47. The van der Waals surface area contributed by atoms with Gasteiger partial charge in [-0.1, -0.05) is 19.9 Å². The third-order valence-corrected chi connectivity index (χ3v) is 10.5. The summed E-state index contributed by atoms with van der Waals surface area (Å²) in [6.45, 7) is 7.36. The number of ether oxygens (including phenoxy) is 2. The molecule has 2 aromatic carbocycles. The van der Waals surface area contributed by atoms with E-state index < -0.39 is 6.09 Å². The number of hydrogen-bond donors (Lipinski definition) is 4. The zero-order valence-corrected chi connectivity index (χ0v) is 30.6. The van der Waals surface area contributed by atoms with Crippen molar-refractivity contribution < 1.29 is 23.9 Å². The van der Waals surface area contributed by atoms with Gasteiger partial charge in [0.2, 0.25) is 11.8 Å².